The predicted octanol–water partition coefficient (Wildman–Crippen LogP) is -1.15. The molecule has 6 heteroatoms. The molecule has 1 aromatic heterocycles. The number of aromatic nitrogens is 3. The average molecular weight is 202 g/mol. The molecule has 0 aromatic carbocycles. The van der Waals surface area contributed by atoms with Crippen LogP contribution in [0.3, 0.4) is 0 Å². The van der Waals surface area contributed by atoms with Crippen molar-refractivity contribution in [3.8, 4) is 6.19 Å². The number of nitrogens with one attached hydrogen (secondary N) is 1. The van der Waals surface area contributed by atoms with Crippen molar-refractivity contribution in [2.24, 2.45) is 0 Å². The molecule has 0 bridgehead atoms. The first kappa shape index (κ1) is 8.82. The van der Waals surface area contributed by atoms with Crippen molar-refractivity contribution in [3.63, 3.8) is 0 Å². The molecule has 0 spiro atoms. The summed E-state index contributed by atoms with van der Waals surface area (Å²) in [6, 6.07) is 1.55. The summed E-state index contributed by atoms with van der Waals surface area (Å²) >= 11 is 0. The molecule has 5 nitrogen and oxygen atoms in total. The quantitative estimate of drug-likeness (QED) is 0.353. The average Bonchev–Trinajstić information content (AvgIpc) is 1.91. The van der Waals surface area contributed by atoms with Crippen LogP contribution in [0.4, 0.5) is 5.82 Å². The van der Waals surface area contributed by atoms with E-state index in [1.54, 1.807) is 12.3 Å². The van der Waals surface area contributed by atoms with E-state index in [2.05, 4.69) is 20.7 Å². The second-order valence-corrected chi connectivity index (χ2v) is 1.24. The van der Waals surface area contributed by atoms with Gasteiger partial charge in [0, 0.05) is 6.07 Å². The molecule has 0 radical (unpaired) electrons. The molecule has 0 aliphatic rings. The first-order valence-corrected chi connectivity index (χ1v) is 2.23. The normalized spacial score (nSPS) is 7.10. The Morgan fingerprint density at radius 1 is 1.60 bits per heavy atom. The van der Waals surface area contributed by atoms with Gasteiger partial charge in [-0.25, -0.2) is 0 Å². The van der Waals surface area contributed by atoms with Gasteiger partial charge in [0.25, 0.3) is 0 Å². The summed E-state index contributed by atoms with van der Waals surface area (Å²) in [4.78, 5) is 0. The van der Waals surface area contributed by atoms with Crippen molar-refractivity contribution in [2.45, 2.75) is 0 Å². The van der Waals surface area contributed by atoms with Crippen LogP contribution in [-0.2, 0) is 0 Å². The van der Waals surface area contributed by atoms with E-state index in [0.29, 0.717) is 5.82 Å². The van der Waals surface area contributed by atoms with Gasteiger partial charge in [-0.3, -0.25) is 5.32 Å². The van der Waals surface area contributed by atoms with E-state index in [0.717, 1.165) is 0 Å². The van der Waals surface area contributed by atoms with E-state index in [1.165, 1.54) is 6.20 Å². The van der Waals surface area contributed by atoms with Crippen LogP contribution in [0.5, 0.6) is 0 Å². The molecule has 0 saturated heterocycles. The molecular weight excluding hydrogens is 197 g/mol. The molecule has 52 valence electrons. The summed E-state index contributed by atoms with van der Waals surface area (Å²) in [5.74, 6) is 0.410. The third-order valence-corrected chi connectivity index (χ3v) is 0.687. The number of nitriles is 1. The van der Waals surface area contributed by atoms with Crippen LogP contribution < -0.4 is 5.32 Å². The zero-order valence-corrected chi connectivity index (χ0v) is 7.04. The van der Waals surface area contributed by atoms with Crippen molar-refractivity contribution in [1.29, 1.82) is 5.26 Å². The molecule has 0 aliphatic heterocycles. The van der Waals surface area contributed by atoms with Crippen LogP contribution in [0, 0.1) is 11.5 Å². The van der Waals surface area contributed by atoms with Crippen molar-refractivity contribution in [2.75, 3.05) is 5.32 Å². The van der Waals surface area contributed by atoms with E-state index < -0.39 is 0 Å². The fraction of sp³-hybridized carbons (Fsp3) is 0. The van der Waals surface area contributed by atoms with Crippen LogP contribution in [-0.4, -0.2) is 32.5 Å². The summed E-state index contributed by atoms with van der Waals surface area (Å²) < 4.78 is 0. The molecule has 1 heterocycles. The molecule has 0 fully saturated rings. The second kappa shape index (κ2) is 4.68. The van der Waals surface area contributed by atoms with E-state index in [9.17, 15) is 0 Å². The molecule has 1 aromatic rings. The Balaban J connectivity index is 0.000000810. The Kier molecular flexibility index (Phi) is 4.12. The summed E-state index contributed by atoms with van der Waals surface area (Å²) in [7, 11) is 0. The van der Waals surface area contributed by atoms with Crippen LogP contribution in [0.25, 0.3) is 0 Å². The molecule has 0 aliphatic carbocycles. The van der Waals surface area contributed by atoms with Gasteiger partial charge in [0.2, 0.25) is 0 Å². The van der Waals surface area contributed by atoms with Crippen LogP contribution in [0.2, 0.25) is 0 Å². The minimum atomic E-state index is 0. The van der Waals surface area contributed by atoms with E-state index in [4.69, 9.17) is 5.26 Å². The van der Waals surface area contributed by atoms with Crippen molar-refractivity contribution >= 4 is 22.9 Å². The van der Waals surface area contributed by atoms with Gasteiger partial charge in [-0.1, -0.05) is 0 Å². The SMILES string of the molecule is N#CNc1ccnnn1.[SeH2]. The van der Waals surface area contributed by atoms with E-state index >= 15 is 0 Å². The summed E-state index contributed by atoms with van der Waals surface area (Å²) in [6.07, 6.45) is 3.15. The van der Waals surface area contributed by atoms with Gasteiger partial charge in [0.15, 0.2) is 12.0 Å². The molecule has 10 heavy (non-hydrogen) atoms. The molecule has 1 N–H and O–H groups in total. The van der Waals surface area contributed by atoms with Crippen molar-refractivity contribution in [1.82, 2.24) is 15.4 Å². The van der Waals surface area contributed by atoms with Gasteiger partial charge in [-0.15, -0.1) is 10.2 Å². The first-order valence-electron chi connectivity index (χ1n) is 2.23. The summed E-state index contributed by atoms with van der Waals surface area (Å²) in [6.45, 7) is 0. The summed E-state index contributed by atoms with van der Waals surface area (Å²) in [5.41, 5.74) is 0. The van der Waals surface area contributed by atoms with Gasteiger partial charge < -0.3 is 0 Å². The Labute approximate surface area is 67.9 Å². The number of hydrogen-bond donors (Lipinski definition) is 1. The van der Waals surface area contributed by atoms with Crippen molar-refractivity contribution < 1.29 is 0 Å². The fourth-order valence-corrected chi connectivity index (χ4v) is 0.365. The van der Waals surface area contributed by atoms with Crippen LogP contribution in [0.1, 0.15) is 0 Å². The standard InChI is InChI=1S/C4H3N5.H2Se/c5-3-6-4-1-2-7-9-8-4;/h1-2H,(H,6,7,8);1H2. The van der Waals surface area contributed by atoms with Gasteiger partial charge in [-0.05, 0) is 5.21 Å². The zero-order valence-electron chi connectivity index (χ0n) is 4.94. The van der Waals surface area contributed by atoms with Crippen LogP contribution >= 0.6 is 0 Å². The van der Waals surface area contributed by atoms with E-state index in [1.807, 2.05) is 0 Å². The number of nitrogens with zero attached hydrogens (tertiary/aromatic N) is 4. The van der Waals surface area contributed by atoms with Gasteiger partial charge in [0.1, 0.15) is 0 Å². The Bertz CT molecular complexity index is 217. The Hall–Kier alpha value is -1.18. The number of rotatable bonds is 1. The van der Waals surface area contributed by atoms with Crippen LogP contribution in [0.15, 0.2) is 12.3 Å². The van der Waals surface area contributed by atoms with E-state index in [-0.39, 0.29) is 17.1 Å². The topological polar surface area (TPSA) is 74.5 Å². The monoisotopic (exact) mass is 203 g/mol. The second-order valence-electron chi connectivity index (χ2n) is 1.24. The Morgan fingerprint density at radius 3 is 2.90 bits per heavy atom. The molecule has 0 atom stereocenters. The minimum absolute atomic E-state index is 0. The molecule has 0 amide bonds. The molecular formula is C4H5N5Se. The molecule has 1 rings (SSSR count). The maximum atomic E-state index is 8.07. The van der Waals surface area contributed by atoms with Crippen molar-refractivity contribution in [3.05, 3.63) is 12.3 Å². The predicted molar refractivity (Wildman–Crippen MR) is 37.6 cm³/mol. The maximum absolute atomic E-state index is 8.07. The summed E-state index contributed by atoms with van der Waals surface area (Å²) in [5, 5.41) is 20.6. The third kappa shape index (κ3) is 2.40. The molecule has 0 saturated carbocycles. The third-order valence-electron chi connectivity index (χ3n) is 0.687. The Morgan fingerprint density at radius 2 is 2.40 bits per heavy atom. The van der Waals surface area contributed by atoms with Gasteiger partial charge in [-0.2, -0.15) is 5.26 Å². The van der Waals surface area contributed by atoms with Gasteiger partial charge >= 0.3 is 17.1 Å². The zero-order chi connectivity index (χ0) is 6.53. The number of anilines is 1. The first-order chi connectivity index (χ1) is 4.43. The molecule has 0 unspecified atom stereocenters. The fourth-order valence-electron chi connectivity index (χ4n) is 0.365. The number of hydrogen-bond acceptors (Lipinski definition) is 5. The van der Waals surface area contributed by atoms with Gasteiger partial charge in [0.05, 0.1) is 6.20 Å².